The Bertz CT molecular complexity index is 344. The molecule has 0 aliphatic carbocycles. The first-order valence-electron chi connectivity index (χ1n) is 4.30. The molecule has 0 saturated carbocycles. The van der Waals surface area contributed by atoms with Crippen molar-refractivity contribution in [2.24, 2.45) is 5.73 Å². The first-order valence-corrected chi connectivity index (χ1v) is 4.30. The van der Waals surface area contributed by atoms with Crippen molar-refractivity contribution in [1.29, 1.82) is 0 Å². The molecule has 2 N–H and O–H groups in total. The summed E-state index contributed by atoms with van der Waals surface area (Å²) in [4.78, 5) is 9.77. The second kappa shape index (κ2) is 6.79. The normalized spacial score (nSPS) is 9.40. The maximum absolute atomic E-state index is 11.4. The van der Waals surface area contributed by atoms with Gasteiger partial charge in [0.2, 0.25) is 0 Å². The van der Waals surface area contributed by atoms with Crippen LogP contribution in [0.5, 0.6) is 5.75 Å². The van der Waals surface area contributed by atoms with E-state index in [0.29, 0.717) is 24.9 Å². The summed E-state index contributed by atoms with van der Waals surface area (Å²) in [7, 11) is 0. The van der Waals surface area contributed by atoms with Gasteiger partial charge in [0.1, 0.15) is 0 Å². The minimum atomic E-state index is -0.658. The van der Waals surface area contributed by atoms with E-state index in [-0.39, 0.29) is 35.2 Å². The quantitative estimate of drug-likeness (QED) is 0.345. The van der Waals surface area contributed by atoms with Crippen LogP contribution in [0.15, 0.2) is 18.2 Å². The number of benzene rings is 1. The molecule has 0 fully saturated rings. The van der Waals surface area contributed by atoms with Gasteiger partial charge < -0.3 is 10.8 Å². The molecule has 0 radical (unpaired) electrons. The minimum absolute atomic E-state index is 0. The maximum atomic E-state index is 11.4. The van der Waals surface area contributed by atoms with E-state index in [0.717, 1.165) is 0 Å². The largest absolute Gasteiger partial charge is 1.00 e. The third-order valence-electron chi connectivity index (χ3n) is 1.92. The number of hydrogen-bond acceptors (Lipinski definition) is 4. The van der Waals surface area contributed by atoms with E-state index in [1.54, 1.807) is 6.07 Å². The molecule has 0 spiro atoms. The van der Waals surface area contributed by atoms with Crippen molar-refractivity contribution in [3.8, 4) is 5.75 Å². The molecular formula is C9H11N2NaO3. The van der Waals surface area contributed by atoms with Crippen molar-refractivity contribution in [1.82, 2.24) is 0 Å². The summed E-state index contributed by atoms with van der Waals surface area (Å²) < 4.78 is 0. The number of hydrogen-bond donors (Lipinski definition) is 1. The molecule has 1 aromatic rings. The summed E-state index contributed by atoms with van der Waals surface area (Å²) >= 11 is 0. The molecule has 0 unspecified atom stereocenters. The van der Waals surface area contributed by atoms with E-state index < -0.39 is 10.7 Å². The van der Waals surface area contributed by atoms with Crippen LogP contribution in [0.3, 0.4) is 0 Å². The van der Waals surface area contributed by atoms with E-state index in [1.165, 1.54) is 12.1 Å². The van der Waals surface area contributed by atoms with Crippen LogP contribution in [-0.4, -0.2) is 11.5 Å². The second-order valence-corrected chi connectivity index (χ2v) is 2.91. The molecule has 0 aliphatic rings. The zero-order valence-electron chi connectivity index (χ0n) is 8.60. The van der Waals surface area contributed by atoms with Crippen molar-refractivity contribution in [2.75, 3.05) is 6.54 Å². The Kier molecular flexibility index (Phi) is 6.51. The van der Waals surface area contributed by atoms with Crippen LogP contribution in [0.2, 0.25) is 0 Å². The number of nitrogens with zero attached hydrogens (tertiary/aromatic N) is 1. The third-order valence-corrected chi connectivity index (χ3v) is 1.92. The Labute approximate surface area is 110 Å². The SMILES string of the molecule is NCCCc1cccc([N+](=O)[O-])c1[O-].[Na+]. The van der Waals surface area contributed by atoms with Crippen molar-refractivity contribution in [3.05, 3.63) is 33.9 Å². The van der Waals surface area contributed by atoms with Crippen LogP contribution in [0.25, 0.3) is 0 Å². The van der Waals surface area contributed by atoms with E-state index in [4.69, 9.17) is 5.73 Å². The van der Waals surface area contributed by atoms with Crippen molar-refractivity contribution in [3.63, 3.8) is 0 Å². The number of para-hydroxylation sites is 1. The second-order valence-electron chi connectivity index (χ2n) is 2.91. The standard InChI is InChI=1S/C9H12N2O3.Na/c10-6-2-4-7-3-1-5-8(9(7)12)11(13)14;/h1,3,5,12H,2,4,6,10H2;/q;+1/p-1. The van der Waals surface area contributed by atoms with Crippen molar-refractivity contribution >= 4 is 5.69 Å². The van der Waals surface area contributed by atoms with Crippen LogP contribution in [-0.2, 0) is 6.42 Å². The minimum Gasteiger partial charge on any atom is -0.868 e. The smallest absolute Gasteiger partial charge is 0.868 e. The molecule has 6 heteroatoms. The molecule has 76 valence electrons. The van der Waals surface area contributed by atoms with Crippen molar-refractivity contribution < 1.29 is 39.6 Å². The number of rotatable bonds is 4. The number of aryl methyl sites for hydroxylation is 1. The molecular weight excluding hydrogens is 207 g/mol. The van der Waals surface area contributed by atoms with Crippen LogP contribution >= 0.6 is 0 Å². The van der Waals surface area contributed by atoms with E-state index in [9.17, 15) is 15.2 Å². The number of nitro groups is 1. The fraction of sp³-hybridized carbons (Fsp3) is 0.333. The monoisotopic (exact) mass is 218 g/mol. The molecule has 0 saturated heterocycles. The number of nitrogens with two attached hydrogens (primary N) is 1. The fourth-order valence-electron chi connectivity index (χ4n) is 1.20. The van der Waals surface area contributed by atoms with Crippen LogP contribution in [0.1, 0.15) is 12.0 Å². The molecule has 0 amide bonds. The molecule has 1 aromatic carbocycles. The van der Waals surface area contributed by atoms with Gasteiger partial charge >= 0.3 is 29.6 Å². The Morgan fingerprint density at radius 2 is 2.07 bits per heavy atom. The first kappa shape index (κ1) is 14.4. The summed E-state index contributed by atoms with van der Waals surface area (Å²) in [5, 5.41) is 21.9. The Hall–Kier alpha value is -0.620. The summed E-state index contributed by atoms with van der Waals surface area (Å²) in [5.74, 6) is -0.494. The first-order chi connectivity index (χ1) is 6.66. The van der Waals surface area contributed by atoms with Gasteiger partial charge in [-0.2, -0.15) is 0 Å². The van der Waals surface area contributed by atoms with Gasteiger partial charge in [-0.25, -0.2) is 0 Å². The zero-order valence-corrected chi connectivity index (χ0v) is 10.6. The van der Waals surface area contributed by atoms with E-state index >= 15 is 0 Å². The van der Waals surface area contributed by atoms with Crippen LogP contribution in [0, 0.1) is 10.1 Å². The predicted molar refractivity (Wildman–Crippen MR) is 49.9 cm³/mol. The van der Waals surface area contributed by atoms with Gasteiger partial charge in [0.05, 0.1) is 4.92 Å². The molecule has 0 aliphatic heterocycles. The van der Waals surface area contributed by atoms with Crippen LogP contribution in [0.4, 0.5) is 5.69 Å². The van der Waals surface area contributed by atoms with E-state index in [2.05, 4.69) is 0 Å². The van der Waals surface area contributed by atoms with Gasteiger partial charge in [-0.05, 0) is 30.7 Å². The zero-order chi connectivity index (χ0) is 10.6. The summed E-state index contributed by atoms with van der Waals surface area (Å²) in [6.07, 6.45) is 1.16. The summed E-state index contributed by atoms with van der Waals surface area (Å²) in [6, 6.07) is 4.34. The van der Waals surface area contributed by atoms with Crippen molar-refractivity contribution in [2.45, 2.75) is 12.8 Å². The van der Waals surface area contributed by atoms with Gasteiger partial charge in [0, 0.05) is 6.07 Å². The van der Waals surface area contributed by atoms with E-state index in [1.807, 2.05) is 0 Å². The predicted octanol–water partition coefficient (Wildman–Crippen LogP) is -2.44. The average molecular weight is 218 g/mol. The summed E-state index contributed by atoms with van der Waals surface area (Å²) in [6.45, 7) is 0.474. The molecule has 0 aromatic heterocycles. The molecule has 0 atom stereocenters. The van der Waals surface area contributed by atoms with Gasteiger partial charge in [-0.1, -0.05) is 12.1 Å². The van der Waals surface area contributed by atoms with Gasteiger partial charge in [-0.15, -0.1) is 0 Å². The molecule has 0 bridgehead atoms. The molecule has 0 heterocycles. The Balaban J connectivity index is 0.00000196. The Morgan fingerprint density at radius 1 is 1.40 bits per heavy atom. The number of nitro benzene ring substituents is 1. The molecule has 15 heavy (non-hydrogen) atoms. The van der Waals surface area contributed by atoms with Gasteiger partial charge in [0.15, 0.2) is 0 Å². The Morgan fingerprint density at radius 3 is 2.60 bits per heavy atom. The van der Waals surface area contributed by atoms with Gasteiger partial charge in [0.25, 0.3) is 5.69 Å². The van der Waals surface area contributed by atoms with Gasteiger partial charge in [-0.3, -0.25) is 10.1 Å². The maximum Gasteiger partial charge on any atom is 1.00 e. The third kappa shape index (κ3) is 3.79. The molecule has 5 nitrogen and oxygen atoms in total. The topological polar surface area (TPSA) is 92.2 Å². The van der Waals surface area contributed by atoms with Crippen LogP contribution < -0.4 is 40.4 Å². The molecule has 1 rings (SSSR count). The fourth-order valence-corrected chi connectivity index (χ4v) is 1.20. The summed E-state index contributed by atoms with van der Waals surface area (Å²) in [5.41, 5.74) is 5.39. The average Bonchev–Trinajstić information content (AvgIpc) is 2.16.